The number of hydrogen-bond donors (Lipinski definition) is 0. The summed E-state index contributed by atoms with van der Waals surface area (Å²) in [6, 6.07) is 11.2. The third-order valence-corrected chi connectivity index (χ3v) is 3.63. The summed E-state index contributed by atoms with van der Waals surface area (Å²) in [4.78, 5) is 12.1. The molecule has 0 saturated carbocycles. The molecule has 0 unspecified atom stereocenters. The van der Waals surface area contributed by atoms with Gasteiger partial charge in [-0.05, 0) is 29.8 Å². The standard InChI is InChI=1S/C13H9BrClN3O/c14-10-5-3-9(4-6-10)8-18-13(19)17-7-1-2-11(15)12(17)16-18/h1-7H,8H2. The van der Waals surface area contributed by atoms with Crippen molar-refractivity contribution in [3.8, 4) is 0 Å². The molecule has 0 aliphatic carbocycles. The van der Waals surface area contributed by atoms with Crippen LogP contribution in [0.2, 0.25) is 5.02 Å². The van der Waals surface area contributed by atoms with E-state index in [-0.39, 0.29) is 5.69 Å². The van der Waals surface area contributed by atoms with Crippen molar-refractivity contribution in [1.82, 2.24) is 14.2 Å². The zero-order chi connectivity index (χ0) is 13.4. The van der Waals surface area contributed by atoms with E-state index >= 15 is 0 Å². The predicted molar refractivity (Wildman–Crippen MR) is 77.7 cm³/mol. The Bertz CT molecular complexity index is 792. The summed E-state index contributed by atoms with van der Waals surface area (Å²) in [5.41, 5.74) is 1.29. The molecule has 0 aliphatic rings. The molecule has 3 rings (SSSR count). The summed E-state index contributed by atoms with van der Waals surface area (Å²) in [6.07, 6.45) is 1.66. The average molecular weight is 339 g/mol. The molecule has 0 spiro atoms. The summed E-state index contributed by atoms with van der Waals surface area (Å²) in [5.74, 6) is 0. The summed E-state index contributed by atoms with van der Waals surface area (Å²) in [6.45, 7) is 0.421. The topological polar surface area (TPSA) is 39.3 Å². The first-order valence-corrected chi connectivity index (χ1v) is 6.80. The Morgan fingerprint density at radius 3 is 2.63 bits per heavy atom. The van der Waals surface area contributed by atoms with E-state index in [1.807, 2.05) is 24.3 Å². The fourth-order valence-electron chi connectivity index (χ4n) is 1.87. The lowest BCUT2D eigenvalue weighted by Gasteiger charge is -1.99. The molecular formula is C13H9BrClN3O. The van der Waals surface area contributed by atoms with Crippen molar-refractivity contribution >= 4 is 33.2 Å². The SMILES string of the molecule is O=c1n(Cc2ccc(Br)cc2)nc2c(Cl)cccn12. The zero-order valence-corrected chi connectivity index (χ0v) is 12.1. The average Bonchev–Trinajstić information content (AvgIpc) is 2.72. The van der Waals surface area contributed by atoms with Crippen LogP contribution in [0.1, 0.15) is 5.56 Å². The maximum atomic E-state index is 12.1. The van der Waals surface area contributed by atoms with Crippen LogP contribution >= 0.6 is 27.5 Å². The van der Waals surface area contributed by atoms with Crippen LogP contribution in [0.5, 0.6) is 0 Å². The van der Waals surface area contributed by atoms with Crippen LogP contribution in [-0.4, -0.2) is 14.2 Å². The van der Waals surface area contributed by atoms with E-state index in [9.17, 15) is 4.79 Å². The summed E-state index contributed by atoms with van der Waals surface area (Å²) in [5, 5.41) is 4.72. The molecule has 2 aromatic heterocycles. The van der Waals surface area contributed by atoms with Gasteiger partial charge in [-0.25, -0.2) is 13.9 Å². The van der Waals surface area contributed by atoms with Crippen LogP contribution < -0.4 is 5.69 Å². The van der Waals surface area contributed by atoms with Gasteiger partial charge in [0.2, 0.25) is 0 Å². The van der Waals surface area contributed by atoms with E-state index in [1.165, 1.54) is 9.08 Å². The minimum Gasteiger partial charge on any atom is -0.249 e. The van der Waals surface area contributed by atoms with Crippen LogP contribution in [0, 0.1) is 0 Å². The first-order valence-electron chi connectivity index (χ1n) is 5.63. The molecule has 2 heterocycles. The summed E-state index contributed by atoms with van der Waals surface area (Å²) >= 11 is 9.40. The second-order valence-electron chi connectivity index (χ2n) is 4.12. The second kappa shape index (κ2) is 4.83. The van der Waals surface area contributed by atoms with Gasteiger partial charge in [0, 0.05) is 10.7 Å². The summed E-state index contributed by atoms with van der Waals surface area (Å²) in [7, 11) is 0. The minimum atomic E-state index is -0.194. The van der Waals surface area contributed by atoms with E-state index < -0.39 is 0 Å². The van der Waals surface area contributed by atoms with Gasteiger partial charge in [0.25, 0.3) is 0 Å². The molecular weight excluding hydrogens is 330 g/mol. The van der Waals surface area contributed by atoms with Crippen molar-refractivity contribution in [2.75, 3.05) is 0 Å². The third kappa shape index (κ3) is 2.31. The van der Waals surface area contributed by atoms with Gasteiger partial charge >= 0.3 is 5.69 Å². The van der Waals surface area contributed by atoms with E-state index in [1.54, 1.807) is 18.3 Å². The number of rotatable bonds is 2. The van der Waals surface area contributed by atoms with Crippen LogP contribution in [0.15, 0.2) is 51.9 Å². The molecule has 96 valence electrons. The summed E-state index contributed by atoms with van der Waals surface area (Å²) < 4.78 is 3.85. The van der Waals surface area contributed by atoms with Crippen molar-refractivity contribution in [1.29, 1.82) is 0 Å². The van der Waals surface area contributed by atoms with Crippen LogP contribution in [0.3, 0.4) is 0 Å². The van der Waals surface area contributed by atoms with E-state index in [0.29, 0.717) is 17.2 Å². The molecule has 0 aliphatic heterocycles. The first-order chi connectivity index (χ1) is 9.15. The molecule has 1 aromatic carbocycles. The highest BCUT2D eigenvalue weighted by Crippen LogP contribution is 2.14. The van der Waals surface area contributed by atoms with Gasteiger partial charge in [-0.2, -0.15) is 0 Å². The zero-order valence-electron chi connectivity index (χ0n) is 9.75. The molecule has 3 aromatic rings. The van der Waals surface area contributed by atoms with Crippen molar-refractivity contribution < 1.29 is 0 Å². The van der Waals surface area contributed by atoms with E-state index in [0.717, 1.165) is 10.0 Å². The fraction of sp³-hybridized carbons (Fsp3) is 0.0769. The Labute approximate surface area is 122 Å². The fourth-order valence-corrected chi connectivity index (χ4v) is 2.34. The van der Waals surface area contributed by atoms with Gasteiger partial charge in [-0.3, -0.25) is 0 Å². The van der Waals surface area contributed by atoms with Crippen LogP contribution in [-0.2, 0) is 6.54 Å². The quantitative estimate of drug-likeness (QED) is 0.720. The smallest absolute Gasteiger partial charge is 0.249 e. The van der Waals surface area contributed by atoms with E-state index in [2.05, 4.69) is 21.0 Å². The molecule has 0 radical (unpaired) electrons. The van der Waals surface area contributed by atoms with Crippen molar-refractivity contribution in [3.05, 3.63) is 68.1 Å². The van der Waals surface area contributed by atoms with Crippen molar-refractivity contribution in [2.24, 2.45) is 0 Å². The van der Waals surface area contributed by atoms with Crippen LogP contribution in [0.25, 0.3) is 5.65 Å². The lowest BCUT2D eigenvalue weighted by atomic mass is 10.2. The normalized spacial score (nSPS) is 11.1. The van der Waals surface area contributed by atoms with Gasteiger partial charge < -0.3 is 0 Å². The van der Waals surface area contributed by atoms with Crippen molar-refractivity contribution in [2.45, 2.75) is 6.54 Å². The number of nitrogens with zero attached hydrogens (tertiary/aromatic N) is 3. The van der Waals surface area contributed by atoms with Gasteiger partial charge in [-0.1, -0.05) is 39.7 Å². The number of benzene rings is 1. The lowest BCUT2D eigenvalue weighted by molar-refractivity contribution is 0.658. The Morgan fingerprint density at radius 1 is 1.21 bits per heavy atom. The highest BCUT2D eigenvalue weighted by atomic mass is 79.9. The van der Waals surface area contributed by atoms with Crippen molar-refractivity contribution in [3.63, 3.8) is 0 Å². The molecule has 4 nitrogen and oxygen atoms in total. The number of halogens is 2. The third-order valence-electron chi connectivity index (χ3n) is 2.81. The Hall–Kier alpha value is -1.59. The maximum Gasteiger partial charge on any atom is 0.350 e. The minimum absolute atomic E-state index is 0.194. The molecule has 19 heavy (non-hydrogen) atoms. The monoisotopic (exact) mass is 337 g/mol. The van der Waals surface area contributed by atoms with Gasteiger partial charge in [0.15, 0.2) is 5.65 Å². The molecule has 0 fully saturated rings. The Morgan fingerprint density at radius 2 is 1.95 bits per heavy atom. The molecule has 0 saturated heterocycles. The molecule has 0 N–H and O–H groups in total. The number of pyridine rings is 1. The number of hydrogen-bond acceptors (Lipinski definition) is 2. The Balaban J connectivity index is 2.06. The van der Waals surface area contributed by atoms with Gasteiger partial charge in [0.05, 0.1) is 11.6 Å². The second-order valence-corrected chi connectivity index (χ2v) is 5.44. The highest BCUT2D eigenvalue weighted by Gasteiger charge is 2.09. The molecule has 0 atom stereocenters. The Kier molecular flexibility index (Phi) is 3.16. The van der Waals surface area contributed by atoms with Gasteiger partial charge in [-0.15, -0.1) is 5.10 Å². The molecule has 0 bridgehead atoms. The predicted octanol–water partition coefficient (Wildman–Crippen LogP) is 2.96. The van der Waals surface area contributed by atoms with E-state index in [4.69, 9.17) is 11.6 Å². The highest BCUT2D eigenvalue weighted by molar-refractivity contribution is 9.10. The first kappa shape index (κ1) is 12.4. The van der Waals surface area contributed by atoms with Gasteiger partial charge in [0.1, 0.15) is 0 Å². The van der Waals surface area contributed by atoms with Crippen LogP contribution in [0.4, 0.5) is 0 Å². The molecule has 6 heteroatoms. The molecule has 0 amide bonds. The lowest BCUT2D eigenvalue weighted by Crippen LogP contribution is -2.21. The maximum absolute atomic E-state index is 12.1. The number of fused-ring (bicyclic) bond motifs is 1. The number of aromatic nitrogens is 3. The largest absolute Gasteiger partial charge is 0.350 e.